The molecule has 1 fully saturated rings. The van der Waals surface area contributed by atoms with E-state index in [2.05, 4.69) is 30.8 Å². The molecule has 0 aromatic heterocycles. The highest BCUT2D eigenvalue weighted by atomic mass is 32.2. The van der Waals surface area contributed by atoms with Gasteiger partial charge in [-0.15, -0.1) is 0 Å². The molecule has 1 aliphatic carbocycles. The minimum Gasteiger partial charge on any atom is -0.314 e. The second-order valence-corrected chi connectivity index (χ2v) is 8.35. The van der Waals surface area contributed by atoms with E-state index in [1.165, 1.54) is 10.7 Å². The zero-order valence-corrected chi connectivity index (χ0v) is 14.9. The predicted molar refractivity (Wildman–Crippen MR) is 88.5 cm³/mol. The van der Waals surface area contributed by atoms with Crippen LogP contribution in [0.5, 0.6) is 0 Å². The first kappa shape index (κ1) is 18.9. The molecule has 2 unspecified atom stereocenters. The van der Waals surface area contributed by atoms with Crippen molar-refractivity contribution < 1.29 is 8.42 Å². The van der Waals surface area contributed by atoms with Gasteiger partial charge < -0.3 is 5.32 Å². The van der Waals surface area contributed by atoms with Crippen molar-refractivity contribution in [3.05, 3.63) is 0 Å². The van der Waals surface area contributed by atoms with Crippen molar-refractivity contribution in [2.45, 2.75) is 71.4 Å². The van der Waals surface area contributed by atoms with Crippen LogP contribution in [0.3, 0.4) is 0 Å². The lowest BCUT2D eigenvalue weighted by molar-refractivity contribution is 0.296. The van der Waals surface area contributed by atoms with E-state index in [4.69, 9.17) is 0 Å². The van der Waals surface area contributed by atoms with Gasteiger partial charge in [0, 0.05) is 25.7 Å². The van der Waals surface area contributed by atoms with Gasteiger partial charge in [-0.05, 0) is 31.7 Å². The summed E-state index contributed by atoms with van der Waals surface area (Å²) in [6.45, 7) is 7.78. The second kappa shape index (κ2) is 9.08. The third-order valence-electron chi connectivity index (χ3n) is 4.29. The van der Waals surface area contributed by atoms with E-state index in [0.717, 1.165) is 38.6 Å². The van der Waals surface area contributed by atoms with Gasteiger partial charge in [0.2, 0.25) is 0 Å². The number of nitrogens with zero attached hydrogens (tertiary/aromatic N) is 1. The molecule has 6 heteroatoms. The highest BCUT2D eigenvalue weighted by molar-refractivity contribution is 7.87. The maximum Gasteiger partial charge on any atom is 0.279 e. The summed E-state index contributed by atoms with van der Waals surface area (Å²) in [7, 11) is -1.67. The van der Waals surface area contributed by atoms with E-state index >= 15 is 0 Å². The van der Waals surface area contributed by atoms with Crippen LogP contribution in [0, 0.1) is 5.92 Å². The first-order valence-electron chi connectivity index (χ1n) is 8.32. The number of nitrogens with one attached hydrogen (secondary N) is 2. The molecule has 0 saturated heterocycles. The van der Waals surface area contributed by atoms with Crippen molar-refractivity contribution in [1.29, 1.82) is 0 Å². The topological polar surface area (TPSA) is 61.4 Å². The van der Waals surface area contributed by atoms with Crippen LogP contribution in [0.15, 0.2) is 0 Å². The van der Waals surface area contributed by atoms with Gasteiger partial charge in [0.1, 0.15) is 0 Å². The zero-order chi connectivity index (χ0) is 15.9. The monoisotopic (exact) mass is 319 g/mol. The molecule has 1 aliphatic rings. The van der Waals surface area contributed by atoms with Gasteiger partial charge in [-0.3, -0.25) is 0 Å². The van der Waals surface area contributed by atoms with Crippen LogP contribution in [0.2, 0.25) is 0 Å². The summed E-state index contributed by atoms with van der Waals surface area (Å²) in [6.07, 6.45) is 6.31. The summed E-state index contributed by atoms with van der Waals surface area (Å²) in [6, 6.07) is 0.559. The quantitative estimate of drug-likeness (QED) is 0.640. The highest BCUT2D eigenvalue weighted by Crippen LogP contribution is 2.27. The molecule has 0 bridgehead atoms. The van der Waals surface area contributed by atoms with Crippen molar-refractivity contribution in [1.82, 2.24) is 14.3 Å². The first-order valence-corrected chi connectivity index (χ1v) is 9.76. The Kier molecular flexibility index (Phi) is 8.16. The average molecular weight is 320 g/mol. The molecule has 5 nitrogen and oxygen atoms in total. The molecule has 2 N–H and O–H groups in total. The standard InChI is InChI=1S/C15H33N3O2S/c1-5-14-8-6-9-15(12-14)17-21(19,20)18(4)11-7-10-16-13(2)3/h13-17H,5-12H2,1-4H3. The van der Waals surface area contributed by atoms with Crippen LogP contribution in [0.1, 0.15) is 59.3 Å². The van der Waals surface area contributed by atoms with Crippen molar-refractivity contribution in [2.24, 2.45) is 5.92 Å². The van der Waals surface area contributed by atoms with Crippen LogP contribution in [-0.2, 0) is 10.2 Å². The summed E-state index contributed by atoms with van der Waals surface area (Å²) in [5.41, 5.74) is 0. The van der Waals surface area contributed by atoms with Crippen molar-refractivity contribution in [2.75, 3.05) is 20.1 Å². The van der Waals surface area contributed by atoms with Gasteiger partial charge in [0.05, 0.1) is 0 Å². The van der Waals surface area contributed by atoms with Gasteiger partial charge >= 0.3 is 0 Å². The van der Waals surface area contributed by atoms with E-state index in [9.17, 15) is 8.42 Å². The third-order valence-corrected chi connectivity index (χ3v) is 5.92. The smallest absolute Gasteiger partial charge is 0.279 e. The van der Waals surface area contributed by atoms with E-state index in [-0.39, 0.29) is 6.04 Å². The van der Waals surface area contributed by atoms with E-state index in [0.29, 0.717) is 18.5 Å². The Hall–Kier alpha value is -0.170. The minimum atomic E-state index is -3.34. The van der Waals surface area contributed by atoms with Crippen LogP contribution in [-0.4, -0.2) is 44.9 Å². The van der Waals surface area contributed by atoms with Gasteiger partial charge in [0.15, 0.2) is 0 Å². The molecule has 21 heavy (non-hydrogen) atoms. The van der Waals surface area contributed by atoms with Crippen LogP contribution in [0.25, 0.3) is 0 Å². The normalized spacial score (nSPS) is 23.9. The predicted octanol–water partition coefficient (Wildman–Crippen LogP) is 2.11. The lowest BCUT2D eigenvalue weighted by Gasteiger charge is -2.30. The molecule has 0 amide bonds. The molecule has 0 radical (unpaired) electrons. The van der Waals surface area contributed by atoms with E-state index in [1.54, 1.807) is 7.05 Å². The Morgan fingerprint density at radius 2 is 2.00 bits per heavy atom. The van der Waals surface area contributed by atoms with Crippen LogP contribution < -0.4 is 10.0 Å². The fraction of sp³-hybridized carbons (Fsp3) is 1.00. The fourth-order valence-corrected chi connectivity index (χ4v) is 4.07. The van der Waals surface area contributed by atoms with Gasteiger partial charge in [-0.1, -0.05) is 40.0 Å². The Bertz CT molecular complexity index is 384. The molecule has 1 saturated carbocycles. The van der Waals surface area contributed by atoms with Crippen LogP contribution >= 0.6 is 0 Å². The Labute approximate surface area is 131 Å². The molecule has 0 aliphatic heterocycles. The van der Waals surface area contributed by atoms with E-state index in [1.807, 2.05) is 0 Å². The Balaban J connectivity index is 2.37. The lowest BCUT2D eigenvalue weighted by Crippen LogP contribution is -2.46. The highest BCUT2D eigenvalue weighted by Gasteiger charge is 2.26. The summed E-state index contributed by atoms with van der Waals surface area (Å²) in [5.74, 6) is 0.673. The SMILES string of the molecule is CCC1CCCC(NS(=O)(=O)N(C)CCCNC(C)C)C1. The average Bonchev–Trinajstić information content (AvgIpc) is 2.42. The summed E-state index contributed by atoms with van der Waals surface area (Å²) in [4.78, 5) is 0. The maximum atomic E-state index is 12.3. The Morgan fingerprint density at radius 3 is 2.62 bits per heavy atom. The number of rotatable bonds is 9. The summed E-state index contributed by atoms with van der Waals surface area (Å²) >= 11 is 0. The molecule has 1 rings (SSSR count). The van der Waals surface area contributed by atoms with Gasteiger partial charge in [0.25, 0.3) is 10.2 Å². The number of hydrogen-bond acceptors (Lipinski definition) is 3. The third kappa shape index (κ3) is 7.08. The van der Waals surface area contributed by atoms with Crippen molar-refractivity contribution >= 4 is 10.2 Å². The lowest BCUT2D eigenvalue weighted by atomic mass is 9.85. The van der Waals surface area contributed by atoms with Gasteiger partial charge in [-0.25, -0.2) is 0 Å². The molecule has 0 spiro atoms. The molecular formula is C15H33N3O2S. The van der Waals surface area contributed by atoms with Crippen LogP contribution in [0.4, 0.5) is 0 Å². The summed E-state index contributed by atoms with van der Waals surface area (Å²) in [5, 5.41) is 3.31. The maximum absolute atomic E-state index is 12.3. The van der Waals surface area contributed by atoms with Crippen molar-refractivity contribution in [3.8, 4) is 0 Å². The molecule has 0 heterocycles. The molecule has 0 aromatic rings. The molecule has 126 valence electrons. The molecule has 2 atom stereocenters. The largest absolute Gasteiger partial charge is 0.314 e. The minimum absolute atomic E-state index is 0.116. The first-order chi connectivity index (χ1) is 9.85. The number of hydrogen-bond donors (Lipinski definition) is 2. The fourth-order valence-electron chi connectivity index (χ4n) is 2.88. The van der Waals surface area contributed by atoms with E-state index < -0.39 is 10.2 Å². The second-order valence-electron chi connectivity index (χ2n) is 6.54. The molecular weight excluding hydrogens is 286 g/mol. The Morgan fingerprint density at radius 1 is 1.29 bits per heavy atom. The van der Waals surface area contributed by atoms with Gasteiger partial charge in [-0.2, -0.15) is 17.4 Å². The molecule has 0 aromatic carbocycles. The zero-order valence-electron chi connectivity index (χ0n) is 14.1. The summed E-state index contributed by atoms with van der Waals surface area (Å²) < 4.78 is 29.0. The van der Waals surface area contributed by atoms with Crippen molar-refractivity contribution in [3.63, 3.8) is 0 Å².